The lowest BCUT2D eigenvalue weighted by Gasteiger charge is -2.07. The highest BCUT2D eigenvalue weighted by Gasteiger charge is 2.15. The van der Waals surface area contributed by atoms with Crippen LogP contribution in [0.3, 0.4) is 0 Å². The van der Waals surface area contributed by atoms with Crippen molar-refractivity contribution in [2.45, 2.75) is 4.90 Å². The molecule has 3 rings (SSSR count). The molecule has 8 heteroatoms. The van der Waals surface area contributed by atoms with Gasteiger partial charge in [0.05, 0.1) is 28.6 Å². The third kappa shape index (κ3) is 2.45. The first kappa shape index (κ1) is 12.9. The zero-order valence-corrected chi connectivity index (χ0v) is 11.6. The molecule has 102 valence electrons. The largest absolute Gasteiger partial charge is 0.343 e. The summed E-state index contributed by atoms with van der Waals surface area (Å²) in [6.07, 6.45) is 2.90. The van der Waals surface area contributed by atoms with Crippen LogP contribution in [0.5, 0.6) is 0 Å². The van der Waals surface area contributed by atoms with Crippen LogP contribution >= 0.6 is 11.6 Å². The molecule has 6 nitrogen and oxygen atoms in total. The molecule has 2 heterocycles. The van der Waals surface area contributed by atoms with Crippen molar-refractivity contribution in [3.8, 4) is 0 Å². The van der Waals surface area contributed by atoms with Gasteiger partial charge in [0, 0.05) is 5.02 Å². The minimum Gasteiger partial charge on any atom is -0.343 e. The Kier molecular flexibility index (Phi) is 3.07. The molecule has 3 aromatic rings. The highest BCUT2D eigenvalue weighted by Crippen LogP contribution is 2.20. The second kappa shape index (κ2) is 4.77. The minimum absolute atomic E-state index is 0.0923. The van der Waals surface area contributed by atoms with E-state index in [1.54, 1.807) is 18.2 Å². The van der Waals surface area contributed by atoms with Crippen LogP contribution in [-0.4, -0.2) is 23.4 Å². The van der Waals surface area contributed by atoms with Gasteiger partial charge in [0.1, 0.15) is 0 Å². The number of hydrogen-bond donors (Lipinski definition) is 2. The summed E-state index contributed by atoms with van der Waals surface area (Å²) in [5.41, 5.74) is 1.52. The molecule has 0 aliphatic rings. The van der Waals surface area contributed by atoms with Crippen molar-refractivity contribution in [1.82, 2.24) is 15.0 Å². The number of imidazole rings is 1. The lowest BCUT2D eigenvalue weighted by atomic mass is 10.4. The Morgan fingerprint density at radius 1 is 1.20 bits per heavy atom. The third-order valence-electron chi connectivity index (χ3n) is 2.63. The van der Waals surface area contributed by atoms with Crippen LogP contribution in [0.4, 0.5) is 5.69 Å². The maximum atomic E-state index is 12.2. The standard InChI is InChI=1S/C12H9ClN4O2S/c13-8-2-1-3-10(4-8)20(18,19)17-9-5-11-12(14-6-9)16-7-15-11/h1-7,17H,(H,14,15,16). The molecule has 0 saturated carbocycles. The second-order valence-electron chi connectivity index (χ2n) is 4.06. The second-order valence-corrected chi connectivity index (χ2v) is 6.18. The summed E-state index contributed by atoms with van der Waals surface area (Å²) >= 11 is 5.80. The number of nitrogens with one attached hydrogen (secondary N) is 2. The summed E-state index contributed by atoms with van der Waals surface area (Å²) in [7, 11) is -3.70. The van der Waals surface area contributed by atoms with E-state index in [9.17, 15) is 8.42 Å². The summed E-state index contributed by atoms with van der Waals surface area (Å²) in [4.78, 5) is 11.0. The van der Waals surface area contributed by atoms with E-state index in [0.29, 0.717) is 21.9 Å². The first-order chi connectivity index (χ1) is 9.54. The number of anilines is 1. The molecule has 0 aliphatic carbocycles. The van der Waals surface area contributed by atoms with Crippen LogP contribution in [-0.2, 0) is 10.0 Å². The maximum absolute atomic E-state index is 12.2. The van der Waals surface area contributed by atoms with E-state index in [4.69, 9.17) is 11.6 Å². The highest BCUT2D eigenvalue weighted by molar-refractivity contribution is 7.92. The van der Waals surface area contributed by atoms with Crippen molar-refractivity contribution in [1.29, 1.82) is 0 Å². The molecule has 0 amide bonds. The van der Waals surface area contributed by atoms with Gasteiger partial charge in [0.25, 0.3) is 10.0 Å². The van der Waals surface area contributed by atoms with Crippen LogP contribution in [0.25, 0.3) is 11.2 Å². The smallest absolute Gasteiger partial charge is 0.261 e. The fraction of sp³-hybridized carbons (Fsp3) is 0. The zero-order valence-electron chi connectivity index (χ0n) is 10.0. The Balaban J connectivity index is 1.96. The maximum Gasteiger partial charge on any atom is 0.261 e. The number of H-pyrrole nitrogens is 1. The Labute approximate surface area is 119 Å². The summed E-state index contributed by atoms with van der Waals surface area (Å²) in [6.45, 7) is 0. The third-order valence-corrected chi connectivity index (χ3v) is 4.25. The Morgan fingerprint density at radius 3 is 2.85 bits per heavy atom. The summed E-state index contributed by atoms with van der Waals surface area (Å²) < 4.78 is 26.9. The van der Waals surface area contributed by atoms with Crippen LogP contribution in [0.1, 0.15) is 0 Å². The van der Waals surface area contributed by atoms with Gasteiger partial charge in [-0.15, -0.1) is 0 Å². The molecule has 1 aromatic carbocycles. The normalized spacial score (nSPS) is 11.7. The number of hydrogen-bond acceptors (Lipinski definition) is 4. The quantitative estimate of drug-likeness (QED) is 0.777. The molecule has 0 unspecified atom stereocenters. The van der Waals surface area contributed by atoms with Crippen molar-refractivity contribution in [3.63, 3.8) is 0 Å². The molecule has 0 saturated heterocycles. The van der Waals surface area contributed by atoms with E-state index in [2.05, 4.69) is 19.7 Å². The van der Waals surface area contributed by atoms with Crippen molar-refractivity contribution < 1.29 is 8.42 Å². The van der Waals surface area contributed by atoms with Crippen LogP contribution in [0, 0.1) is 0 Å². The number of fused-ring (bicyclic) bond motifs is 1. The molecular weight excluding hydrogens is 300 g/mol. The Morgan fingerprint density at radius 2 is 2.05 bits per heavy atom. The van der Waals surface area contributed by atoms with Gasteiger partial charge in [0.15, 0.2) is 5.65 Å². The lowest BCUT2D eigenvalue weighted by Crippen LogP contribution is -2.13. The predicted octanol–water partition coefficient (Wildman–Crippen LogP) is 2.41. The number of halogens is 1. The van der Waals surface area contributed by atoms with Gasteiger partial charge < -0.3 is 4.98 Å². The average molecular weight is 309 g/mol. The molecular formula is C12H9ClN4O2S. The number of pyridine rings is 1. The average Bonchev–Trinajstić information content (AvgIpc) is 2.85. The van der Waals surface area contributed by atoms with Gasteiger partial charge >= 0.3 is 0 Å². The van der Waals surface area contributed by atoms with Crippen LogP contribution in [0.2, 0.25) is 5.02 Å². The van der Waals surface area contributed by atoms with Crippen molar-refractivity contribution in [2.75, 3.05) is 4.72 Å². The number of nitrogens with zero attached hydrogens (tertiary/aromatic N) is 2. The van der Waals surface area contributed by atoms with E-state index >= 15 is 0 Å². The van der Waals surface area contributed by atoms with Crippen LogP contribution < -0.4 is 4.72 Å². The number of benzene rings is 1. The molecule has 0 aliphatic heterocycles. The van der Waals surface area contributed by atoms with E-state index in [1.807, 2.05) is 0 Å². The number of aromatic amines is 1. The molecule has 0 bridgehead atoms. The summed E-state index contributed by atoms with van der Waals surface area (Å²) in [6, 6.07) is 7.66. The highest BCUT2D eigenvalue weighted by atomic mass is 35.5. The van der Waals surface area contributed by atoms with E-state index in [1.165, 1.54) is 24.7 Å². The first-order valence-electron chi connectivity index (χ1n) is 5.62. The van der Waals surface area contributed by atoms with Gasteiger partial charge in [-0.05, 0) is 24.3 Å². The minimum atomic E-state index is -3.70. The van der Waals surface area contributed by atoms with Crippen molar-refractivity contribution in [2.24, 2.45) is 0 Å². The molecule has 0 atom stereocenters. The molecule has 0 spiro atoms. The number of rotatable bonds is 3. The van der Waals surface area contributed by atoms with Gasteiger partial charge in [-0.2, -0.15) is 0 Å². The van der Waals surface area contributed by atoms with E-state index in [-0.39, 0.29) is 4.90 Å². The fourth-order valence-electron chi connectivity index (χ4n) is 1.73. The summed E-state index contributed by atoms with van der Waals surface area (Å²) in [5, 5.41) is 0.357. The van der Waals surface area contributed by atoms with Gasteiger partial charge in [0.2, 0.25) is 0 Å². The predicted molar refractivity (Wildman–Crippen MR) is 76.1 cm³/mol. The van der Waals surface area contributed by atoms with Gasteiger partial charge in [-0.3, -0.25) is 4.72 Å². The van der Waals surface area contributed by atoms with E-state index in [0.717, 1.165) is 0 Å². The topological polar surface area (TPSA) is 87.7 Å². The molecule has 0 fully saturated rings. The van der Waals surface area contributed by atoms with Gasteiger partial charge in [-0.25, -0.2) is 18.4 Å². The number of aromatic nitrogens is 3. The molecule has 20 heavy (non-hydrogen) atoms. The first-order valence-corrected chi connectivity index (χ1v) is 7.48. The summed E-state index contributed by atoms with van der Waals surface area (Å²) in [5.74, 6) is 0. The monoisotopic (exact) mass is 308 g/mol. The SMILES string of the molecule is O=S(=O)(Nc1cnc2nc[nH]c2c1)c1cccc(Cl)c1. The van der Waals surface area contributed by atoms with Crippen molar-refractivity contribution >= 4 is 38.5 Å². The van der Waals surface area contributed by atoms with Crippen molar-refractivity contribution in [3.05, 3.63) is 47.9 Å². The fourth-order valence-corrected chi connectivity index (χ4v) is 3.07. The zero-order chi connectivity index (χ0) is 14.2. The Hall–Kier alpha value is -2.12. The van der Waals surface area contributed by atoms with E-state index < -0.39 is 10.0 Å². The molecule has 0 radical (unpaired) electrons. The van der Waals surface area contributed by atoms with Gasteiger partial charge in [-0.1, -0.05) is 17.7 Å². The Bertz CT molecular complexity index is 876. The van der Waals surface area contributed by atoms with Crippen LogP contribution in [0.15, 0.2) is 47.8 Å². The molecule has 2 N–H and O–H groups in total. The lowest BCUT2D eigenvalue weighted by molar-refractivity contribution is 0.601. The number of sulfonamides is 1. The molecule has 2 aromatic heterocycles.